The minimum Gasteiger partial charge on any atom is -0.394 e. The Morgan fingerprint density at radius 2 is 1.10 bits per heavy atom. The van der Waals surface area contributed by atoms with Crippen molar-refractivity contribution in [2.45, 2.75) is 106 Å². The van der Waals surface area contributed by atoms with Crippen LogP contribution in [0.25, 0.3) is 0 Å². The van der Waals surface area contributed by atoms with Gasteiger partial charge in [-0.2, -0.15) is 0 Å². The Kier molecular flexibility index (Phi) is 11.5. The van der Waals surface area contributed by atoms with E-state index >= 15 is 0 Å². The van der Waals surface area contributed by atoms with E-state index in [-0.39, 0.29) is 0 Å². The molecule has 3 fully saturated rings. The highest BCUT2D eigenvalue weighted by molar-refractivity contribution is 5.73. The molecule has 0 radical (unpaired) electrons. The molecule has 18 nitrogen and oxygen atoms in total. The van der Waals surface area contributed by atoms with Crippen molar-refractivity contribution in [2.75, 3.05) is 19.8 Å². The number of hydrogen-bond acceptors (Lipinski definition) is 16. The summed E-state index contributed by atoms with van der Waals surface area (Å²) in [4.78, 5) is 23.7. The minimum absolute atomic E-state index is 0.630. The zero-order valence-corrected chi connectivity index (χ0v) is 21.7. The Hall–Kier alpha value is -1.62. The Morgan fingerprint density at radius 1 is 0.600 bits per heavy atom. The molecule has 0 aromatic heterocycles. The first-order valence-corrected chi connectivity index (χ1v) is 12.6. The number of nitrogens with one attached hydrogen (secondary N) is 2. The maximum Gasteiger partial charge on any atom is 0.217 e. The summed E-state index contributed by atoms with van der Waals surface area (Å²) >= 11 is 0. The van der Waals surface area contributed by atoms with Crippen LogP contribution >= 0.6 is 0 Å². The van der Waals surface area contributed by atoms with E-state index in [1.807, 2.05) is 0 Å². The molecule has 3 saturated heterocycles. The van der Waals surface area contributed by atoms with Crippen molar-refractivity contribution >= 4 is 11.8 Å². The molecule has 15 atom stereocenters. The van der Waals surface area contributed by atoms with Gasteiger partial charge in [-0.3, -0.25) is 9.59 Å². The Labute approximate surface area is 228 Å². The third kappa shape index (κ3) is 7.05. The van der Waals surface area contributed by atoms with E-state index in [4.69, 9.17) is 23.7 Å². The summed E-state index contributed by atoms with van der Waals surface area (Å²) in [7, 11) is 0. The number of amides is 2. The average Bonchev–Trinajstić information content (AvgIpc) is 2.90. The summed E-state index contributed by atoms with van der Waals surface area (Å²) in [5.74, 6) is -1.32. The van der Waals surface area contributed by atoms with Crippen molar-refractivity contribution in [3.8, 4) is 0 Å². The fraction of sp³-hybridized carbons (Fsp3) is 0.909. The van der Waals surface area contributed by atoms with Crippen molar-refractivity contribution in [1.29, 1.82) is 0 Å². The van der Waals surface area contributed by atoms with Crippen LogP contribution in [0.5, 0.6) is 0 Å². The Balaban J connectivity index is 1.92. The summed E-state index contributed by atoms with van der Waals surface area (Å²) in [6.07, 6.45) is -21.3. The summed E-state index contributed by atoms with van der Waals surface area (Å²) in [5, 5.41) is 96.5. The third-order valence-corrected chi connectivity index (χ3v) is 6.90. The zero-order chi connectivity index (χ0) is 29.9. The van der Waals surface area contributed by atoms with Gasteiger partial charge in [-0.25, -0.2) is 0 Å². The lowest BCUT2D eigenvalue weighted by molar-refractivity contribution is -0.358. The Morgan fingerprint density at radius 3 is 1.65 bits per heavy atom. The topological polar surface area (TPSA) is 286 Å². The molecule has 18 heteroatoms. The molecule has 40 heavy (non-hydrogen) atoms. The van der Waals surface area contributed by atoms with E-state index in [0.717, 1.165) is 13.8 Å². The predicted octanol–water partition coefficient (Wildman–Crippen LogP) is -7.29. The van der Waals surface area contributed by atoms with Gasteiger partial charge in [0.15, 0.2) is 18.9 Å². The first-order valence-electron chi connectivity index (χ1n) is 12.6. The highest BCUT2D eigenvalue weighted by Crippen LogP contribution is 2.32. The lowest BCUT2D eigenvalue weighted by Gasteiger charge is -2.49. The van der Waals surface area contributed by atoms with Crippen molar-refractivity contribution < 1.29 is 79.2 Å². The van der Waals surface area contributed by atoms with Crippen molar-refractivity contribution in [2.24, 2.45) is 0 Å². The maximum atomic E-state index is 12.1. The lowest BCUT2D eigenvalue weighted by atomic mass is 9.94. The second kappa shape index (κ2) is 14.0. The second-order valence-corrected chi connectivity index (χ2v) is 9.81. The Bertz CT molecular complexity index is 852. The second-order valence-electron chi connectivity index (χ2n) is 9.81. The van der Waals surface area contributed by atoms with Gasteiger partial charge in [0.05, 0.1) is 19.8 Å². The molecule has 2 amide bonds. The van der Waals surface area contributed by atoms with Crippen LogP contribution < -0.4 is 10.6 Å². The third-order valence-electron chi connectivity index (χ3n) is 6.90. The van der Waals surface area contributed by atoms with E-state index in [2.05, 4.69) is 10.6 Å². The van der Waals surface area contributed by atoms with Crippen LogP contribution in [0.3, 0.4) is 0 Å². The van der Waals surface area contributed by atoms with Crippen molar-refractivity contribution in [3.63, 3.8) is 0 Å². The number of ether oxygens (including phenoxy) is 5. The number of carbonyl (C=O) groups excluding carboxylic acids is 2. The van der Waals surface area contributed by atoms with Gasteiger partial charge in [-0.1, -0.05) is 0 Å². The van der Waals surface area contributed by atoms with Crippen LogP contribution in [0.1, 0.15) is 13.8 Å². The molecule has 232 valence electrons. The van der Waals surface area contributed by atoms with Crippen LogP contribution in [0.2, 0.25) is 0 Å². The van der Waals surface area contributed by atoms with Gasteiger partial charge < -0.3 is 80.3 Å². The van der Waals surface area contributed by atoms with Gasteiger partial charge >= 0.3 is 0 Å². The fourth-order valence-electron chi connectivity index (χ4n) is 4.86. The zero-order valence-electron chi connectivity index (χ0n) is 21.7. The molecule has 3 rings (SSSR count). The number of rotatable bonds is 9. The predicted molar refractivity (Wildman–Crippen MR) is 124 cm³/mol. The van der Waals surface area contributed by atoms with E-state index in [0.29, 0.717) is 0 Å². The normalized spacial score (nSPS) is 46.0. The summed E-state index contributed by atoms with van der Waals surface area (Å²) in [6.45, 7) is -0.142. The number of aliphatic hydroxyl groups excluding tert-OH is 9. The average molecular weight is 587 g/mol. The number of aliphatic hydroxyl groups is 9. The largest absolute Gasteiger partial charge is 0.394 e. The smallest absolute Gasteiger partial charge is 0.217 e. The van der Waals surface area contributed by atoms with Crippen LogP contribution in [-0.4, -0.2) is 170 Å². The molecule has 0 spiro atoms. The van der Waals surface area contributed by atoms with Gasteiger partial charge in [0.25, 0.3) is 0 Å². The monoisotopic (exact) mass is 586 g/mol. The van der Waals surface area contributed by atoms with Crippen LogP contribution in [0, 0.1) is 0 Å². The van der Waals surface area contributed by atoms with E-state index in [9.17, 15) is 55.5 Å². The van der Waals surface area contributed by atoms with Gasteiger partial charge in [0, 0.05) is 13.8 Å². The summed E-state index contributed by atoms with van der Waals surface area (Å²) < 4.78 is 27.8. The van der Waals surface area contributed by atoms with Gasteiger partial charge in [0.1, 0.15) is 73.1 Å². The molecule has 0 bridgehead atoms. The first-order chi connectivity index (χ1) is 18.8. The van der Waals surface area contributed by atoms with Crippen molar-refractivity contribution in [3.05, 3.63) is 0 Å². The van der Waals surface area contributed by atoms with Gasteiger partial charge in [-0.05, 0) is 0 Å². The van der Waals surface area contributed by atoms with Gasteiger partial charge in [0.2, 0.25) is 11.8 Å². The number of carbonyl (C=O) groups is 2. The molecule has 0 aromatic rings. The lowest BCUT2D eigenvalue weighted by Crippen LogP contribution is -2.70. The first kappa shape index (κ1) is 32.9. The molecule has 3 aliphatic rings. The van der Waals surface area contributed by atoms with E-state index in [1.54, 1.807) is 0 Å². The molecule has 11 N–H and O–H groups in total. The fourth-order valence-corrected chi connectivity index (χ4v) is 4.86. The highest BCUT2D eigenvalue weighted by Gasteiger charge is 2.54. The SMILES string of the molecule is CC(=O)N[C@H]1[C@H](O[C@H]2[C@H](O)[C@@H](NC(C)=O)C(O)O[C@@H]2CO)O[C@H](CO)[C@@H](O)[C@@H]1O[C@@H]1O[C@H](CO)[C@H](O)[C@H](O)[C@H]1O. The van der Waals surface area contributed by atoms with E-state index < -0.39 is 124 Å². The van der Waals surface area contributed by atoms with Crippen LogP contribution in [-0.2, 0) is 33.3 Å². The molecule has 0 aliphatic carbocycles. The van der Waals surface area contributed by atoms with Gasteiger partial charge in [-0.15, -0.1) is 0 Å². The molecule has 1 unspecified atom stereocenters. The van der Waals surface area contributed by atoms with Crippen LogP contribution in [0.15, 0.2) is 0 Å². The molecular formula is C22H38N2O16. The minimum atomic E-state index is -1.88. The highest BCUT2D eigenvalue weighted by atomic mass is 16.7. The quantitative estimate of drug-likeness (QED) is 0.120. The molecule has 0 saturated carbocycles. The maximum absolute atomic E-state index is 12.1. The summed E-state index contributed by atoms with van der Waals surface area (Å²) in [6, 6.07) is -2.88. The molecular weight excluding hydrogens is 548 g/mol. The summed E-state index contributed by atoms with van der Waals surface area (Å²) in [5.41, 5.74) is 0. The standard InChI is InChI=1S/C22H38N2O16/c1-6(28)23-11-15(32)18(10(5-27)36-20(11)35)39-21-12(24-7(2)29)19(14(31)9(4-26)37-21)40-22-17(34)16(33)13(30)8(3-25)38-22/h8-22,25-27,30-35H,3-5H2,1-2H3,(H,23,28)(H,24,29)/t8-,9-,10-,11-,12-,13+,14-,15-,16+,17-,18-,19-,20?,21+,22+/m1/s1. The molecule has 0 aromatic carbocycles. The molecule has 3 aliphatic heterocycles. The molecule has 3 heterocycles. The van der Waals surface area contributed by atoms with Crippen molar-refractivity contribution in [1.82, 2.24) is 10.6 Å². The number of hydrogen-bond donors (Lipinski definition) is 11. The van der Waals surface area contributed by atoms with Crippen LogP contribution in [0.4, 0.5) is 0 Å². The van der Waals surface area contributed by atoms with E-state index in [1.165, 1.54) is 0 Å².